The molecule has 4 nitrogen and oxygen atoms in total. The van der Waals surface area contributed by atoms with Gasteiger partial charge in [-0.15, -0.1) is 11.3 Å². The van der Waals surface area contributed by atoms with E-state index in [1.807, 2.05) is 17.3 Å². The van der Waals surface area contributed by atoms with Crippen molar-refractivity contribution in [3.63, 3.8) is 0 Å². The fourth-order valence-corrected chi connectivity index (χ4v) is 2.50. The number of anilines is 1. The van der Waals surface area contributed by atoms with Gasteiger partial charge in [-0.3, -0.25) is 4.79 Å². The monoisotopic (exact) mass is 294 g/mol. The van der Waals surface area contributed by atoms with Gasteiger partial charge in [0, 0.05) is 19.0 Å². The molecule has 0 atom stereocenters. The Labute approximate surface area is 120 Å². The summed E-state index contributed by atoms with van der Waals surface area (Å²) in [4.78, 5) is 17.5. The van der Waals surface area contributed by atoms with Gasteiger partial charge in [-0.2, -0.15) is 0 Å². The van der Waals surface area contributed by atoms with Gasteiger partial charge in [0.05, 0.1) is 19.2 Å². The molecule has 1 aromatic carbocycles. The largest absolute Gasteiger partial charge is 0.469 e. The Morgan fingerprint density at radius 3 is 2.75 bits per heavy atom. The number of aromatic nitrogens is 1. The molecule has 0 fully saturated rings. The van der Waals surface area contributed by atoms with Gasteiger partial charge < -0.3 is 9.64 Å². The summed E-state index contributed by atoms with van der Waals surface area (Å²) < 4.78 is 17.4. The molecule has 0 amide bonds. The number of ether oxygens (including phenoxy) is 1. The number of esters is 1. The molecule has 0 aliphatic carbocycles. The Balaban J connectivity index is 2.00. The maximum absolute atomic E-state index is 12.8. The number of hydrogen-bond donors (Lipinski definition) is 0. The van der Waals surface area contributed by atoms with Crippen LogP contribution in [-0.4, -0.2) is 25.1 Å². The molecule has 1 heterocycles. The van der Waals surface area contributed by atoms with Crippen LogP contribution in [0.25, 0.3) is 0 Å². The van der Waals surface area contributed by atoms with Crippen molar-refractivity contribution in [3.8, 4) is 0 Å². The molecule has 0 saturated heterocycles. The summed E-state index contributed by atoms with van der Waals surface area (Å²) in [5.41, 5.74) is 1.70. The number of carbonyl (C=O) groups excluding carboxylic acids is 1. The van der Waals surface area contributed by atoms with Crippen LogP contribution in [0.4, 0.5) is 9.52 Å². The fourth-order valence-electron chi connectivity index (χ4n) is 1.70. The molecule has 6 heteroatoms. The van der Waals surface area contributed by atoms with E-state index in [4.69, 9.17) is 0 Å². The van der Waals surface area contributed by atoms with E-state index < -0.39 is 0 Å². The van der Waals surface area contributed by atoms with Crippen molar-refractivity contribution in [3.05, 3.63) is 46.7 Å². The highest BCUT2D eigenvalue weighted by Gasteiger charge is 2.10. The van der Waals surface area contributed by atoms with E-state index in [0.29, 0.717) is 12.2 Å². The minimum Gasteiger partial charge on any atom is -0.469 e. The third kappa shape index (κ3) is 3.77. The quantitative estimate of drug-likeness (QED) is 0.795. The Morgan fingerprint density at radius 2 is 2.10 bits per heavy atom. The fraction of sp³-hybridized carbons (Fsp3) is 0.286. The topological polar surface area (TPSA) is 42.4 Å². The smallest absolute Gasteiger partial charge is 0.311 e. The van der Waals surface area contributed by atoms with Gasteiger partial charge in [-0.05, 0) is 17.7 Å². The molecule has 20 heavy (non-hydrogen) atoms. The van der Waals surface area contributed by atoms with Crippen molar-refractivity contribution in [2.24, 2.45) is 0 Å². The maximum Gasteiger partial charge on any atom is 0.311 e. The average molecular weight is 294 g/mol. The highest BCUT2D eigenvalue weighted by molar-refractivity contribution is 7.13. The Bertz CT molecular complexity index is 583. The number of methoxy groups -OCH3 is 1. The molecule has 0 aliphatic rings. The summed E-state index contributed by atoms with van der Waals surface area (Å²) in [5.74, 6) is -0.547. The van der Waals surface area contributed by atoms with E-state index in [-0.39, 0.29) is 18.2 Å². The van der Waals surface area contributed by atoms with Gasteiger partial charge in [0.1, 0.15) is 5.82 Å². The molecule has 0 spiro atoms. The molecule has 0 unspecified atom stereocenters. The minimum atomic E-state index is -0.303. The van der Waals surface area contributed by atoms with Crippen LogP contribution in [0.3, 0.4) is 0 Å². The lowest BCUT2D eigenvalue weighted by atomic mass is 10.2. The van der Waals surface area contributed by atoms with Crippen molar-refractivity contribution in [1.82, 2.24) is 4.98 Å². The van der Waals surface area contributed by atoms with Crippen molar-refractivity contribution in [2.45, 2.75) is 13.0 Å². The molecule has 2 rings (SSSR count). The zero-order valence-electron chi connectivity index (χ0n) is 11.3. The van der Waals surface area contributed by atoms with Crippen LogP contribution in [0.5, 0.6) is 0 Å². The predicted octanol–water partition coefficient (Wildman–Crippen LogP) is 2.63. The molecule has 0 saturated carbocycles. The Morgan fingerprint density at radius 1 is 1.40 bits per heavy atom. The van der Waals surface area contributed by atoms with Crippen molar-refractivity contribution in [2.75, 3.05) is 19.1 Å². The number of thiazole rings is 1. The summed E-state index contributed by atoms with van der Waals surface area (Å²) in [5, 5.41) is 2.65. The van der Waals surface area contributed by atoms with Crippen molar-refractivity contribution < 1.29 is 13.9 Å². The first-order chi connectivity index (χ1) is 9.58. The van der Waals surface area contributed by atoms with Gasteiger partial charge >= 0.3 is 5.97 Å². The van der Waals surface area contributed by atoms with Crippen LogP contribution in [0, 0.1) is 5.82 Å². The van der Waals surface area contributed by atoms with Crippen LogP contribution in [0.15, 0.2) is 29.6 Å². The van der Waals surface area contributed by atoms with Gasteiger partial charge in [0.15, 0.2) is 5.13 Å². The Hall–Kier alpha value is -1.95. The van der Waals surface area contributed by atoms with E-state index in [1.54, 1.807) is 12.1 Å². The molecule has 1 aromatic heterocycles. The van der Waals surface area contributed by atoms with Gasteiger partial charge in [-0.25, -0.2) is 9.37 Å². The van der Waals surface area contributed by atoms with E-state index in [9.17, 15) is 9.18 Å². The first kappa shape index (κ1) is 14.5. The second-order valence-corrected chi connectivity index (χ2v) is 5.19. The van der Waals surface area contributed by atoms with Gasteiger partial charge in [-0.1, -0.05) is 12.1 Å². The van der Waals surface area contributed by atoms with Crippen LogP contribution < -0.4 is 4.90 Å². The predicted molar refractivity (Wildman–Crippen MR) is 76.3 cm³/mol. The zero-order chi connectivity index (χ0) is 14.5. The molecule has 0 N–H and O–H groups in total. The van der Waals surface area contributed by atoms with Crippen molar-refractivity contribution >= 4 is 22.4 Å². The molecule has 2 aromatic rings. The second kappa shape index (κ2) is 6.47. The summed E-state index contributed by atoms with van der Waals surface area (Å²) in [6.07, 6.45) is 0.178. The first-order valence-corrected chi connectivity index (χ1v) is 6.93. The van der Waals surface area contributed by atoms with Crippen LogP contribution in [0.1, 0.15) is 11.3 Å². The molecular formula is C14H15FN2O2S. The van der Waals surface area contributed by atoms with Crippen LogP contribution in [-0.2, 0) is 22.5 Å². The molecule has 106 valence electrons. The van der Waals surface area contributed by atoms with Gasteiger partial charge in [0.2, 0.25) is 0 Å². The number of rotatable bonds is 5. The SMILES string of the molecule is COC(=O)Cc1csc(N(C)Cc2ccc(F)cc2)n1. The van der Waals surface area contributed by atoms with Crippen molar-refractivity contribution in [1.29, 1.82) is 0 Å². The van der Waals surface area contributed by atoms with E-state index in [1.165, 1.54) is 30.6 Å². The number of halogens is 1. The van der Waals surface area contributed by atoms with E-state index in [2.05, 4.69) is 9.72 Å². The Kier molecular flexibility index (Phi) is 4.68. The van der Waals surface area contributed by atoms with Crippen LogP contribution in [0.2, 0.25) is 0 Å². The van der Waals surface area contributed by atoms with E-state index in [0.717, 1.165) is 10.7 Å². The summed E-state index contributed by atoms with van der Waals surface area (Å²) in [7, 11) is 3.26. The summed E-state index contributed by atoms with van der Waals surface area (Å²) in [6.45, 7) is 0.630. The van der Waals surface area contributed by atoms with E-state index >= 15 is 0 Å². The van der Waals surface area contributed by atoms with Gasteiger partial charge in [0.25, 0.3) is 0 Å². The summed E-state index contributed by atoms with van der Waals surface area (Å²) in [6, 6.07) is 6.37. The number of benzene rings is 1. The highest BCUT2D eigenvalue weighted by Crippen LogP contribution is 2.21. The maximum atomic E-state index is 12.8. The normalized spacial score (nSPS) is 10.3. The molecular weight excluding hydrogens is 279 g/mol. The lowest BCUT2D eigenvalue weighted by Crippen LogP contribution is -2.16. The number of nitrogens with zero attached hydrogens (tertiary/aromatic N) is 2. The third-order valence-corrected chi connectivity index (χ3v) is 3.76. The first-order valence-electron chi connectivity index (χ1n) is 6.05. The molecule has 0 aliphatic heterocycles. The summed E-state index contributed by atoms with van der Waals surface area (Å²) >= 11 is 1.47. The molecule has 0 bridgehead atoms. The van der Waals surface area contributed by atoms with Crippen LogP contribution >= 0.6 is 11.3 Å². The highest BCUT2D eigenvalue weighted by atomic mass is 32.1. The second-order valence-electron chi connectivity index (χ2n) is 4.36. The number of hydrogen-bond acceptors (Lipinski definition) is 5. The molecule has 0 radical (unpaired) electrons. The lowest BCUT2D eigenvalue weighted by Gasteiger charge is -2.15. The zero-order valence-corrected chi connectivity index (χ0v) is 12.1. The average Bonchev–Trinajstić information content (AvgIpc) is 2.89. The lowest BCUT2D eigenvalue weighted by molar-refractivity contribution is -0.139. The number of carbonyl (C=O) groups is 1. The third-order valence-electron chi connectivity index (χ3n) is 2.75. The standard InChI is InChI=1S/C14H15FN2O2S/c1-17(8-10-3-5-11(15)6-4-10)14-16-12(9-20-14)7-13(18)19-2/h3-6,9H,7-8H2,1-2H3. The minimum absolute atomic E-state index is 0.178.